The van der Waals surface area contributed by atoms with Gasteiger partial charge in [-0.2, -0.15) is 0 Å². The minimum absolute atomic E-state index is 0.0873. The highest BCUT2D eigenvalue weighted by Crippen LogP contribution is 2.53. The molecule has 2 aliphatic heterocycles. The lowest BCUT2D eigenvalue weighted by Crippen LogP contribution is -2.72. The predicted molar refractivity (Wildman–Crippen MR) is 79.2 cm³/mol. The zero-order valence-electron chi connectivity index (χ0n) is 12.1. The van der Waals surface area contributed by atoms with Crippen LogP contribution in [0.25, 0.3) is 0 Å². The molecule has 3 atom stereocenters. The third kappa shape index (κ3) is 1.63. The molecule has 0 radical (unpaired) electrons. The number of hydrogen-bond donors (Lipinski definition) is 1. The number of rotatable bonds is 1. The highest BCUT2D eigenvalue weighted by Gasteiger charge is 2.61. The number of nitrogens with two attached hydrogens (primary N) is 1. The van der Waals surface area contributed by atoms with Crippen LogP contribution in [0, 0.1) is 0 Å². The number of hydrogen-bond acceptors (Lipinski definition) is 3. The van der Waals surface area contributed by atoms with E-state index in [0.717, 1.165) is 13.0 Å². The van der Waals surface area contributed by atoms with Crippen LogP contribution in [0.15, 0.2) is 30.3 Å². The Kier molecular flexibility index (Phi) is 2.92. The molecular weight excluding hydrogens is 248 g/mol. The monoisotopic (exact) mass is 272 g/mol. The molecule has 2 N–H and O–H groups in total. The van der Waals surface area contributed by atoms with Crippen molar-refractivity contribution in [2.75, 3.05) is 13.2 Å². The van der Waals surface area contributed by atoms with Crippen molar-refractivity contribution in [1.82, 2.24) is 4.90 Å². The summed E-state index contributed by atoms with van der Waals surface area (Å²) in [5.41, 5.74) is 7.75. The molecule has 1 aliphatic carbocycles. The standard InChI is InChI=1S/C17H24N2O/c18-17-11-6-10-16(17)9-4-5-12-19(16)15(13-20-17)14-7-2-1-3-8-14/h1-3,7-8,15H,4-6,9-13,18H2/t15-,16+,17-/m0/s1. The molecule has 4 rings (SSSR count). The Morgan fingerprint density at radius 1 is 1.05 bits per heavy atom. The van der Waals surface area contributed by atoms with Gasteiger partial charge in [-0.05, 0) is 44.2 Å². The van der Waals surface area contributed by atoms with Crippen LogP contribution < -0.4 is 5.73 Å². The Balaban J connectivity index is 1.74. The molecule has 3 heteroatoms. The van der Waals surface area contributed by atoms with Gasteiger partial charge in [-0.25, -0.2) is 0 Å². The van der Waals surface area contributed by atoms with Crippen LogP contribution in [-0.2, 0) is 4.74 Å². The molecule has 3 nitrogen and oxygen atoms in total. The fourth-order valence-corrected chi connectivity index (χ4v) is 4.80. The number of ether oxygens (including phenoxy) is 1. The maximum absolute atomic E-state index is 6.69. The minimum atomic E-state index is -0.404. The van der Waals surface area contributed by atoms with Gasteiger partial charge in [-0.3, -0.25) is 4.90 Å². The first kappa shape index (κ1) is 12.8. The van der Waals surface area contributed by atoms with E-state index in [-0.39, 0.29) is 5.54 Å². The van der Waals surface area contributed by atoms with Gasteiger partial charge in [0, 0.05) is 0 Å². The Bertz CT molecular complexity index is 491. The van der Waals surface area contributed by atoms with Crippen molar-refractivity contribution >= 4 is 0 Å². The Morgan fingerprint density at radius 3 is 2.70 bits per heavy atom. The zero-order valence-corrected chi connectivity index (χ0v) is 12.1. The van der Waals surface area contributed by atoms with Crippen LogP contribution in [0.2, 0.25) is 0 Å². The van der Waals surface area contributed by atoms with Crippen LogP contribution >= 0.6 is 0 Å². The first-order valence-corrected chi connectivity index (χ1v) is 8.00. The molecule has 3 fully saturated rings. The van der Waals surface area contributed by atoms with E-state index < -0.39 is 5.72 Å². The second-order valence-corrected chi connectivity index (χ2v) is 6.66. The predicted octanol–water partition coefficient (Wildman–Crippen LogP) is 2.82. The van der Waals surface area contributed by atoms with Gasteiger partial charge in [0.15, 0.2) is 0 Å². The van der Waals surface area contributed by atoms with E-state index in [2.05, 4.69) is 35.2 Å². The highest BCUT2D eigenvalue weighted by atomic mass is 16.5. The van der Waals surface area contributed by atoms with Crippen LogP contribution in [0.3, 0.4) is 0 Å². The SMILES string of the molecule is N[C@]12CCC[C@]13CCCCN3[C@H](c1ccccc1)CO2. The van der Waals surface area contributed by atoms with E-state index in [0.29, 0.717) is 6.04 Å². The normalized spacial score (nSPS) is 41.1. The largest absolute Gasteiger partial charge is 0.357 e. The van der Waals surface area contributed by atoms with Crippen molar-refractivity contribution in [2.45, 2.75) is 55.8 Å². The molecule has 0 amide bonds. The molecule has 0 aromatic heterocycles. The number of piperidine rings is 1. The molecule has 1 aromatic carbocycles. The van der Waals surface area contributed by atoms with Gasteiger partial charge in [-0.1, -0.05) is 36.8 Å². The molecule has 1 spiro atoms. The zero-order chi connectivity index (χ0) is 13.6. The minimum Gasteiger partial charge on any atom is -0.357 e. The lowest BCUT2D eigenvalue weighted by molar-refractivity contribution is -0.217. The van der Waals surface area contributed by atoms with Gasteiger partial charge in [-0.15, -0.1) is 0 Å². The maximum atomic E-state index is 6.69. The topological polar surface area (TPSA) is 38.5 Å². The summed E-state index contributed by atoms with van der Waals surface area (Å²) in [4.78, 5) is 2.70. The molecule has 1 aromatic rings. The Morgan fingerprint density at radius 2 is 1.85 bits per heavy atom. The van der Waals surface area contributed by atoms with Crippen LogP contribution in [0.4, 0.5) is 0 Å². The number of nitrogens with zero attached hydrogens (tertiary/aromatic N) is 1. The third-order valence-corrected chi connectivity index (χ3v) is 5.77. The molecule has 108 valence electrons. The fraction of sp³-hybridized carbons (Fsp3) is 0.647. The molecule has 2 saturated heterocycles. The quantitative estimate of drug-likeness (QED) is 0.854. The van der Waals surface area contributed by atoms with E-state index in [9.17, 15) is 0 Å². The van der Waals surface area contributed by atoms with Crippen LogP contribution in [0.1, 0.15) is 50.1 Å². The summed E-state index contributed by atoms with van der Waals surface area (Å²) >= 11 is 0. The van der Waals surface area contributed by atoms with Gasteiger partial charge in [0.1, 0.15) is 5.72 Å². The van der Waals surface area contributed by atoms with Crippen molar-refractivity contribution in [3.8, 4) is 0 Å². The van der Waals surface area contributed by atoms with Crippen molar-refractivity contribution in [3.05, 3.63) is 35.9 Å². The maximum Gasteiger partial charge on any atom is 0.135 e. The summed E-state index contributed by atoms with van der Waals surface area (Å²) in [7, 11) is 0. The molecule has 1 saturated carbocycles. The highest BCUT2D eigenvalue weighted by molar-refractivity contribution is 5.24. The average molecular weight is 272 g/mol. The first-order valence-electron chi connectivity index (χ1n) is 8.00. The van der Waals surface area contributed by atoms with Crippen molar-refractivity contribution in [1.29, 1.82) is 0 Å². The molecule has 3 aliphatic rings. The number of benzene rings is 1. The molecule has 20 heavy (non-hydrogen) atoms. The summed E-state index contributed by atoms with van der Waals surface area (Å²) in [5.74, 6) is 0. The lowest BCUT2D eigenvalue weighted by Gasteiger charge is -2.59. The van der Waals surface area contributed by atoms with E-state index in [1.165, 1.54) is 44.2 Å². The number of morpholine rings is 1. The fourth-order valence-electron chi connectivity index (χ4n) is 4.80. The van der Waals surface area contributed by atoms with Crippen molar-refractivity contribution in [3.63, 3.8) is 0 Å². The summed E-state index contributed by atoms with van der Waals surface area (Å²) in [6.07, 6.45) is 7.21. The molecule has 2 heterocycles. The lowest BCUT2D eigenvalue weighted by atomic mass is 9.76. The third-order valence-electron chi connectivity index (χ3n) is 5.77. The van der Waals surface area contributed by atoms with Gasteiger partial charge < -0.3 is 10.5 Å². The Labute approximate surface area is 121 Å². The summed E-state index contributed by atoms with van der Waals surface area (Å²) < 4.78 is 6.25. The van der Waals surface area contributed by atoms with Gasteiger partial charge >= 0.3 is 0 Å². The molecule has 0 unspecified atom stereocenters. The van der Waals surface area contributed by atoms with Crippen molar-refractivity contribution in [2.24, 2.45) is 5.73 Å². The summed E-state index contributed by atoms with van der Waals surface area (Å²) in [6, 6.07) is 11.2. The second-order valence-electron chi connectivity index (χ2n) is 6.66. The van der Waals surface area contributed by atoms with Crippen LogP contribution in [0.5, 0.6) is 0 Å². The summed E-state index contributed by atoms with van der Waals surface area (Å²) in [6.45, 7) is 1.91. The van der Waals surface area contributed by atoms with Gasteiger partial charge in [0.05, 0.1) is 18.2 Å². The second kappa shape index (κ2) is 4.55. The first-order chi connectivity index (χ1) is 9.75. The van der Waals surface area contributed by atoms with Crippen LogP contribution in [-0.4, -0.2) is 29.3 Å². The van der Waals surface area contributed by atoms with E-state index in [1.807, 2.05) is 0 Å². The molecular formula is C17H24N2O. The molecule has 0 bridgehead atoms. The van der Waals surface area contributed by atoms with Gasteiger partial charge in [0.25, 0.3) is 0 Å². The van der Waals surface area contributed by atoms with E-state index in [1.54, 1.807) is 0 Å². The van der Waals surface area contributed by atoms with Gasteiger partial charge in [0.2, 0.25) is 0 Å². The summed E-state index contributed by atoms with van der Waals surface area (Å²) in [5, 5.41) is 0. The smallest absolute Gasteiger partial charge is 0.135 e. The Hall–Kier alpha value is -0.900. The van der Waals surface area contributed by atoms with Crippen molar-refractivity contribution < 1.29 is 4.74 Å². The van der Waals surface area contributed by atoms with E-state index >= 15 is 0 Å². The average Bonchev–Trinajstić information content (AvgIpc) is 2.82. The van der Waals surface area contributed by atoms with E-state index in [4.69, 9.17) is 10.5 Å².